The largest absolute Gasteiger partial charge is 0.489 e. The highest BCUT2D eigenvalue weighted by atomic mass is 16.5. The lowest BCUT2D eigenvalue weighted by atomic mass is 9.97. The molecule has 0 amide bonds. The molecule has 3 aromatic carbocycles. The number of hydrogen-bond acceptors (Lipinski definition) is 4. The predicted octanol–water partition coefficient (Wildman–Crippen LogP) is 4.57. The maximum absolute atomic E-state index is 11.5. The number of aliphatic carboxylic acids is 1. The zero-order valence-corrected chi connectivity index (χ0v) is 18.5. The standard InChI is InChI=1S/C27H29NO4/c1-18-13-20(15-28-16-23(29)14-25(28)27(30)31)11-12-26(18)32-17-22-9-6-10-24(19(22)2)21-7-4-3-5-8-21/h3-13,23,25,29H,14-17H2,1-2H3,(H,30,31)/t23-,25+/m0/s1. The Morgan fingerprint density at radius 2 is 1.84 bits per heavy atom. The Kier molecular flexibility index (Phi) is 6.58. The number of carboxylic acid groups (broad SMARTS) is 1. The first-order valence-electron chi connectivity index (χ1n) is 10.9. The van der Waals surface area contributed by atoms with Gasteiger partial charge in [0.15, 0.2) is 0 Å². The number of aliphatic hydroxyl groups is 1. The molecule has 0 bridgehead atoms. The van der Waals surface area contributed by atoms with Crippen molar-refractivity contribution in [3.05, 3.63) is 89.0 Å². The van der Waals surface area contributed by atoms with E-state index in [1.165, 1.54) is 16.7 Å². The summed E-state index contributed by atoms with van der Waals surface area (Å²) in [5, 5.41) is 19.3. The third-order valence-electron chi connectivity index (χ3n) is 6.21. The van der Waals surface area contributed by atoms with Crippen molar-refractivity contribution in [2.24, 2.45) is 0 Å². The van der Waals surface area contributed by atoms with Crippen molar-refractivity contribution < 1.29 is 19.7 Å². The molecule has 1 heterocycles. The van der Waals surface area contributed by atoms with Crippen molar-refractivity contribution >= 4 is 5.97 Å². The van der Waals surface area contributed by atoms with Crippen LogP contribution in [0.3, 0.4) is 0 Å². The van der Waals surface area contributed by atoms with E-state index in [0.717, 1.165) is 22.4 Å². The van der Waals surface area contributed by atoms with Gasteiger partial charge in [-0.1, -0.05) is 60.7 Å². The fraction of sp³-hybridized carbons (Fsp3) is 0.296. The van der Waals surface area contributed by atoms with Crippen molar-refractivity contribution in [3.63, 3.8) is 0 Å². The van der Waals surface area contributed by atoms with Crippen LogP contribution in [0.2, 0.25) is 0 Å². The lowest BCUT2D eigenvalue weighted by Crippen LogP contribution is -2.35. The summed E-state index contributed by atoms with van der Waals surface area (Å²) in [6, 6.07) is 21.9. The number of aryl methyl sites for hydroxylation is 1. The minimum atomic E-state index is -0.883. The van der Waals surface area contributed by atoms with E-state index in [9.17, 15) is 15.0 Å². The highest BCUT2D eigenvalue weighted by Gasteiger charge is 2.35. The Morgan fingerprint density at radius 3 is 2.56 bits per heavy atom. The van der Waals surface area contributed by atoms with Crippen LogP contribution in [0.15, 0.2) is 66.7 Å². The number of β-amino-alcohol motifs (C(OH)–C–C–N with tert-alkyl or cyclic N) is 1. The molecule has 0 saturated carbocycles. The summed E-state index contributed by atoms with van der Waals surface area (Å²) in [6.45, 7) is 5.48. The number of nitrogens with zero attached hydrogens (tertiary/aromatic N) is 1. The first kappa shape index (κ1) is 22.1. The molecule has 32 heavy (non-hydrogen) atoms. The molecule has 0 spiro atoms. The minimum Gasteiger partial charge on any atom is -0.489 e. The monoisotopic (exact) mass is 431 g/mol. The molecule has 0 unspecified atom stereocenters. The van der Waals surface area contributed by atoms with Crippen LogP contribution in [0.4, 0.5) is 0 Å². The van der Waals surface area contributed by atoms with Gasteiger partial charge in [-0.2, -0.15) is 0 Å². The number of hydrogen-bond donors (Lipinski definition) is 2. The lowest BCUT2D eigenvalue weighted by molar-refractivity contribution is -0.142. The first-order chi connectivity index (χ1) is 15.4. The molecule has 4 rings (SSSR count). The minimum absolute atomic E-state index is 0.275. The van der Waals surface area contributed by atoms with Gasteiger partial charge < -0.3 is 14.9 Å². The molecule has 0 radical (unpaired) electrons. The number of carboxylic acids is 1. The van der Waals surface area contributed by atoms with Crippen LogP contribution >= 0.6 is 0 Å². The molecular weight excluding hydrogens is 402 g/mol. The van der Waals surface area contributed by atoms with Crippen LogP contribution in [-0.2, 0) is 17.9 Å². The van der Waals surface area contributed by atoms with Crippen LogP contribution in [-0.4, -0.2) is 39.8 Å². The molecule has 0 aliphatic carbocycles. The lowest BCUT2D eigenvalue weighted by Gasteiger charge is -2.21. The van der Waals surface area contributed by atoms with Crippen molar-refractivity contribution in [2.45, 2.75) is 45.6 Å². The predicted molar refractivity (Wildman–Crippen MR) is 125 cm³/mol. The molecular formula is C27H29NO4. The normalized spacial score (nSPS) is 18.6. The summed E-state index contributed by atoms with van der Waals surface area (Å²) in [6.07, 6.45) is -0.314. The first-order valence-corrected chi connectivity index (χ1v) is 10.9. The summed E-state index contributed by atoms with van der Waals surface area (Å²) in [7, 11) is 0. The Morgan fingerprint density at radius 1 is 1.06 bits per heavy atom. The number of benzene rings is 3. The van der Waals surface area contributed by atoms with Gasteiger partial charge in [0.1, 0.15) is 18.4 Å². The van der Waals surface area contributed by atoms with Gasteiger partial charge in [0, 0.05) is 19.5 Å². The molecule has 1 saturated heterocycles. The average molecular weight is 432 g/mol. The zero-order chi connectivity index (χ0) is 22.7. The van der Waals surface area contributed by atoms with E-state index in [4.69, 9.17) is 4.74 Å². The van der Waals surface area contributed by atoms with E-state index >= 15 is 0 Å². The molecule has 1 fully saturated rings. The maximum Gasteiger partial charge on any atom is 0.321 e. The maximum atomic E-state index is 11.5. The highest BCUT2D eigenvalue weighted by Crippen LogP contribution is 2.28. The number of carbonyl (C=O) groups is 1. The van der Waals surface area contributed by atoms with Gasteiger partial charge in [-0.25, -0.2) is 0 Å². The second-order valence-corrected chi connectivity index (χ2v) is 8.52. The summed E-state index contributed by atoms with van der Waals surface area (Å²) < 4.78 is 6.15. The summed E-state index contributed by atoms with van der Waals surface area (Å²) in [5.74, 6) is -0.0687. The Balaban J connectivity index is 1.44. The summed E-state index contributed by atoms with van der Waals surface area (Å²) in [5.41, 5.74) is 6.77. The van der Waals surface area contributed by atoms with Gasteiger partial charge in [-0.3, -0.25) is 9.69 Å². The third-order valence-corrected chi connectivity index (χ3v) is 6.21. The second kappa shape index (κ2) is 9.55. The van der Waals surface area contributed by atoms with E-state index in [1.54, 1.807) is 0 Å². The summed E-state index contributed by atoms with van der Waals surface area (Å²) >= 11 is 0. The quantitative estimate of drug-likeness (QED) is 0.574. The fourth-order valence-electron chi connectivity index (χ4n) is 4.44. The molecule has 5 heteroatoms. The average Bonchev–Trinajstić information content (AvgIpc) is 3.15. The molecule has 5 nitrogen and oxygen atoms in total. The smallest absolute Gasteiger partial charge is 0.321 e. The second-order valence-electron chi connectivity index (χ2n) is 8.52. The molecule has 3 aromatic rings. The zero-order valence-electron chi connectivity index (χ0n) is 18.5. The van der Waals surface area contributed by atoms with Crippen LogP contribution in [0.25, 0.3) is 11.1 Å². The summed E-state index contributed by atoms with van der Waals surface area (Å²) in [4.78, 5) is 13.3. The van der Waals surface area contributed by atoms with Gasteiger partial charge in [0.2, 0.25) is 0 Å². The van der Waals surface area contributed by atoms with Gasteiger partial charge in [0.05, 0.1) is 6.10 Å². The number of likely N-dealkylation sites (tertiary alicyclic amines) is 1. The van der Waals surface area contributed by atoms with E-state index in [2.05, 4.69) is 37.3 Å². The fourth-order valence-corrected chi connectivity index (χ4v) is 4.44. The topological polar surface area (TPSA) is 70.0 Å². The highest BCUT2D eigenvalue weighted by molar-refractivity contribution is 5.74. The SMILES string of the molecule is Cc1cc(CN2C[C@@H](O)C[C@@H]2C(=O)O)ccc1OCc1cccc(-c2ccccc2)c1C. The van der Waals surface area contributed by atoms with Crippen molar-refractivity contribution in [2.75, 3.05) is 6.54 Å². The molecule has 1 aliphatic heterocycles. The van der Waals surface area contributed by atoms with Crippen molar-refractivity contribution in [1.82, 2.24) is 4.90 Å². The Bertz CT molecular complexity index is 1100. The van der Waals surface area contributed by atoms with Gasteiger partial charge in [-0.15, -0.1) is 0 Å². The molecule has 2 atom stereocenters. The molecule has 2 N–H and O–H groups in total. The van der Waals surface area contributed by atoms with E-state index < -0.39 is 18.1 Å². The number of aliphatic hydroxyl groups excluding tert-OH is 1. The van der Waals surface area contributed by atoms with E-state index in [0.29, 0.717) is 19.7 Å². The molecule has 1 aliphatic rings. The van der Waals surface area contributed by atoms with Crippen LogP contribution in [0, 0.1) is 13.8 Å². The number of ether oxygens (including phenoxy) is 1. The third kappa shape index (κ3) is 4.85. The van der Waals surface area contributed by atoms with Crippen molar-refractivity contribution in [1.29, 1.82) is 0 Å². The Labute approximate surface area is 188 Å². The molecule has 166 valence electrons. The molecule has 0 aromatic heterocycles. The van der Waals surface area contributed by atoms with Crippen LogP contribution in [0.1, 0.15) is 28.7 Å². The van der Waals surface area contributed by atoms with Crippen molar-refractivity contribution in [3.8, 4) is 16.9 Å². The van der Waals surface area contributed by atoms with Gasteiger partial charge >= 0.3 is 5.97 Å². The Hall–Kier alpha value is -3.15. The van der Waals surface area contributed by atoms with Gasteiger partial charge in [0.25, 0.3) is 0 Å². The van der Waals surface area contributed by atoms with Crippen LogP contribution < -0.4 is 4.74 Å². The van der Waals surface area contributed by atoms with Gasteiger partial charge in [-0.05, 0) is 53.3 Å². The van der Waals surface area contributed by atoms with E-state index in [-0.39, 0.29) is 6.42 Å². The van der Waals surface area contributed by atoms with Crippen LogP contribution in [0.5, 0.6) is 5.75 Å². The number of rotatable bonds is 7. The van der Waals surface area contributed by atoms with E-state index in [1.807, 2.05) is 48.2 Å².